The van der Waals surface area contributed by atoms with Gasteiger partial charge in [0.15, 0.2) is 0 Å². The second kappa shape index (κ2) is 8.83. The number of carbonyl (C=O) groups excluding carboxylic acids is 1. The molecule has 1 saturated heterocycles. The largest absolute Gasteiger partial charge is 0.364 e. The molecular formula is C17H20Cl2N2O2S. The van der Waals surface area contributed by atoms with Crippen molar-refractivity contribution in [1.29, 1.82) is 0 Å². The summed E-state index contributed by atoms with van der Waals surface area (Å²) in [6, 6.07) is 9.35. The fourth-order valence-corrected chi connectivity index (χ4v) is 3.57. The molecule has 3 rings (SSSR count). The van der Waals surface area contributed by atoms with Crippen LogP contribution in [0.25, 0.3) is 0 Å². The first-order valence-electron chi connectivity index (χ1n) is 7.61. The van der Waals surface area contributed by atoms with Crippen molar-refractivity contribution < 1.29 is 9.53 Å². The molecule has 0 spiro atoms. The topological polar surface area (TPSA) is 64.4 Å². The highest BCUT2D eigenvalue weighted by molar-refractivity contribution is 7.08. The van der Waals surface area contributed by atoms with Gasteiger partial charge in [0.1, 0.15) is 6.10 Å². The zero-order chi connectivity index (χ0) is 16.2. The molecule has 130 valence electrons. The van der Waals surface area contributed by atoms with Gasteiger partial charge in [-0.3, -0.25) is 4.79 Å². The van der Waals surface area contributed by atoms with Crippen molar-refractivity contribution in [2.45, 2.75) is 31.1 Å². The highest BCUT2D eigenvalue weighted by atomic mass is 35.5. The van der Waals surface area contributed by atoms with E-state index in [1.54, 1.807) is 11.3 Å². The normalized spacial score (nSPS) is 21.1. The van der Waals surface area contributed by atoms with E-state index in [0.29, 0.717) is 18.0 Å². The van der Waals surface area contributed by atoms with Gasteiger partial charge in [0.2, 0.25) is 5.91 Å². The van der Waals surface area contributed by atoms with E-state index in [1.165, 1.54) is 0 Å². The van der Waals surface area contributed by atoms with Crippen molar-refractivity contribution in [2.24, 2.45) is 5.73 Å². The fourth-order valence-electron chi connectivity index (χ4n) is 2.76. The van der Waals surface area contributed by atoms with Gasteiger partial charge in [0, 0.05) is 11.6 Å². The molecule has 0 bridgehead atoms. The van der Waals surface area contributed by atoms with Gasteiger partial charge in [0.25, 0.3) is 0 Å². The lowest BCUT2D eigenvalue weighted by Gasteiger charge is -2.21. The maximum absolute atomic E-state index is 12.6. The van der Waals surface area contributed by atoms with Crippen molar-refractivity contribution >= 4 is 41.3 Å². The summed E-state index contributed by atoms with van der Waals surface area (Å²) in [6.45, 7) is 0.453. The molecule has 1 aromatic carbocycles. The maximum Gasteiger partial charge on any atom is 0.249 e. The third-order valence-electron chi connectivity index (χ3n) is 4.03. The van der Waals surface area contributed by atoms with Gasteiger partial charge in [-0.25, -0.2) is 0 Å². The van der Waals surface area contributed by atoms with Crippen LogP contribution in [0.1, 0.15) is 30.0 Å². The van der Waals surface area contributed by atoms with Crippen molar-refractivity contribution in [3.05, 3.63) is 57.2 Å². The Balaban J connectivity index is 0.00000208. The van der Waals surface area contributed by atoms with Crippen molar-refractivity contribution in [2.75, 3.05) is 6.54 Å². The van der Waals surface area contributed by atoms with E-state index in [1.807, 2.05) is 41.1 Å². The molecule has 7 heteroatoms. The minimum atomic E-state index is -0.419. The number of amides is 1. The van der Waals surface area contributed by atoms with Crippen LogP contribution in [-0.4, -0.2) is 24.7 Å². The van der Waals surface area contributed by atoms with Crippen LogP contribution in [0.2, 0.25) is 5.02 Å². The standard InChI is InChI=1S/C17H19ClN2O2S.ClH/c18-13-3-1-11(2-4-13)16(12-7-8-23-10-12)20-17(21)15-6-5-14(9-19)22-15;/h1-4,7-8,10,14-16H,5-6,9,19H2,(H,20,21);1H/t14-,15+,16?;/m1./s1. The average molecular weight is 387 g/mol. The fraction of sp³-hybridized carbons (Fsp3) is 0.353. The molecule has 1 fully saturated rings. The second-order valence-corrected chi connectivity index (χ2v) is 6.83. The summed E-state index contributed by atoms with van der Waals surface area (Å²) in [6.07, 6.45) is 1.11. The quantitative estimate of drug-likeness (QED) is 0.825. The SMILES string of the molecule is Cl.NC[C@H]1CC[C@@H](C(=O)NC(c2ccc(Cl)cc2)c2ccsc2)O1. The molecule has 3 N–H and O–H groups in total. The van der Waals surface area contributed by atoms with Crippen molar-refractivity contribution in [3.63, 3.8) is 0 Å². The molecule has 24 heavy (non-hydrogen) atoms. The third kappa shape index (κ3) is 4.49. The first-order valence-corrected chi connectivity index (χ1v) is 8.93. The predicted molar refractivity (Wildman–Crippen MR) is 100.0 cm³/mol. The predicted octanol–water partition coefficient (Wildman–Crippen LogP) is 3.54. The molecule has 1 aliphatic heterocycles. The molecule has 1 aliphatic rings. The molecule has 0 radical (unpaired) electrons. The Bertz CT molecular complexity index is 649. The lowest BCUT2D eigenvalue weighted by Crippen LogP contribution is -2.38. The summed E-state index contributed by atoms with van der Waals surface area (Å²) in [5, 5.41) is 7.82. The number of carbonyl (C=O) groups is 1. The molecule has 0 saturated carbocycles. The Morgan fingerprint density at radius 2 is 2.04 bits per heavy atom. The second-order valence-electron chi connectivity index (χ2n) is 5.61. The summed E-state index contributed by atoms with van der Waals surface area (Å²) in [4.78, 5) is 12.6. The molecule has 2 heterocycles. The minimum Gasteiger partial charge on any atom is -0.364 e. The maximum atomic E-state index is 12.6. The van der Waals surface area contributed by atoms with Crippen LogP contribution in [0.3, 0.4) is 0 Å². The number of nitrogens with two attached hydrogens (primary N) is 1. The Morgan fingerprint density at radius 3 is 2.62 bits per heavy atom. The van der Waals surface area contributed by atoms with E-state index in [9.17, 15) is 4.79 Å². The van der Waals surface area contributed by atoms with Gasteiger partial charge in [0.05, 0.1) is 12.1 Å². The minimum absolute atomic E-state index is 0. The number of hydrogen-bond donors (Lipinski definition) is 2. The Morgan fingerprint density at radius 1 is 1.29 bits per heavy atom. The lowest BCUT2D eigenvalue weighted by molar-refractivity contribution is -0.132. The smallest absolute Gasteiger partial charge is 0.249 e. The number of rotatable bonds is 5. The molecule has 0 aliphatic carbocycles. The number of nitrogens with one attached hydrogen (secondary N) is 1. The monoisotopic (exact) mass is 386 g/mol. The molecule has 2 aromatic rings. The number of halogens is 2. The van der Waals surface area contributed by atoms with Crippen molar-refractivity contribution in [3.8, 4) is 0 Å². The highest BCUT2D eigenvalue weighted by Crippen LogP contribution is 2.27. The Kier molecular flexibility index (Phi) is 7.07. The molecular weight excluding hydrogens is 367 g/mol. The van der Waals surface area contributed by atoms with E-state index in [2.05, 4.69) is 5.32 Å². The molecule has 1 unspecified atom stereocenters. The van der Waals surface area contributed by atoms with Gasteiger partial charge < -0.3 is 15.8 Å². The van der Waals surface area contributed by atoms with Gasteiger partial charge in [-0.2, -0.15) is 11.3 Å². The van der Waals surface area contributed by atoms with Crippen LogP contribution in [-0.2, 0) is 9.53 Å². The van der Waals surface area contributed by atoms with Crippen LogP contribution >= 0.6 is 35.3 Å². The summed E-state index contributed by atoms with van der Waals surface area (Å²) in [5.41, 5.74) is 7.66. The first kappa shape index (κ1) is 19.2. The van der Waals surface area contributed by atoms with Crippen LogP contribution in [0.15, 0.2) is 41.1 Å². The molecule has 1 aromatic heterocycles. The molecule has 1 amide bonds. The van der Waals surface area contributed by atoms with Crippen LogP contribution in [0.4, 0.5) is 0 Å². The number of ether oxygens (including phenoxy) is 1. The van der Waals surface area contributed by atoms with Crippen LogP contribution in [0.5, 0.6) is 0 Å². The van der Waals surface area contributed by atoms with E-state index in [0.717, 1.165) is 17.5 Å². The van der Waals surface area contributed by atoms with E-state index in [4.69, 9.17) is 22.1 Å². The van der Waals surface area contributed by atoms with Crippen molar-refractivity contribution in [1.82, 2.24) is 5.32 Å². The summed E-state index contributed by atoms with van der Waals surface area (Å²) < 4.78 is 5.69. The highest BCUT2D eigenvalue weighted by Gasteiger charge is 2.31. The van der Waals surface area contributed by atoms with Gasteiger partial charge >= 0.3 is 0 Å². The van der Waals surface area contributed by atoms with E-state index >= 15 is 0 Å². The molecule has 3 atom stereocenters. The first-order chi connectivity index (χ1) is 11.2. The van der Waals surface area contributed by atoms with Crippen LogP contribution < -0.4 is 11.1 Å². The lowest BCUT2D eigenvalue weighted by atomic mass is 10.0. The van der Waals surface area contributed by atoms with E-state index in [-0.39, 0.29) is 30.5 Å². The Labute approximate surface area is 156 Å². The van der Waals surface area contributed by atoms with Gasteiger partial charge in [-0.15, -0.1) is 12.4 Å². The zero-order valence-electron chi connectivity index (χ0n) is 13.0. The van der Waals surface area contributed by atoms with Crippen LogP contribution in [0, 0.1) is 0 Å². The van der Waals surface area contributed by atoms with Gasteiger partial charge in [-0.05, 0) is 52.9 Å². The van der Waals surface area contributed by atoms with Gasteiger partial charge in [-0.1, -0.05) is 23.7 Å². The summed E-state index contributed by atoms with van der Waals surface area (Å²) >= 11 is 7.57. The summed E-state index contributed by atoms with van der Waals surface area (Å²) in [7, 11) is 0. The molecule has 4 nitrogen and oxygen atoms in total. The number of thiophene rings is 1. The average Bonchev–Trinajstić information content (AvgIpc) is 3.25. The Hall–Kier alpha value is -1.11. The zero-order valence-corrected chi connectivity index (χ0v) is 15.4. The van der Waals surface area contributed by atoms with E-state index < -0.39 is 6.10 Å². The third-order valence-corrected chi connectivity index (χ3v) is 4.98. The number of benzene rings is 1. The number of hydrogen-bond acceptors (Lipinski definition) is 4. The summed E-state index contributed by atoms with van der Waals surface area (Å²) in [5.74, 6) is -0.0906.